The number of aromatic nitrogens is 2. The van der Waals surface area contributed by atoms with Crippen LogP contribution in [0.1, 0.15) is 41.1 Å². The molecule has 0 saturated heterocycles. The minimum Gasteiger partial charge on any atom is -0.493 e. The van der Waals surface area contributed by atoms with E-state index in [-0.39, 0.29) is 17.9 Å². The Morgan fingerprint density at radius 3 is 2.53 bits per heavy atom. The van der Waals surface area contributed by atoms with Gasteiger partial charge in [0.25, 0.3) is 5.56 Å². The molecule has 3 aromatic rings. The van der Waals surface area contributed by atoms with Crippen molar-refractivity contribution in [3.05, 3.63) is 44.3 Å². The largest absolute Gasteiger partial charge is 0.493 e. The van der Waals surface area contributed by atoms with Gasteiger partial charge in [-0.25, -0.2) is 4.98 Å². The van der Waals surface area contributed by atoms with E-state index in [0.29, 0.717) is 36.0 Å². The number of methoxy groups -OCH3 is 3. The third kappa shape index (κ3) is 4.43. The van der Waals surface area contributed by atoms with Crippen LogP contribution < -0.4 is 25.1 Å². The smallest absolute Gasteiger partial charge is 0.259 e. The highest BCUT2D eigenvalue weighted by molar-refractivity contribution is 7.18. The van der Waals surface area contributed by atoms with Gasteiger partial charge in [0, 0.05) is 24.3 Å². The van der Waals surface area contributed by atoms with Crippen LogP contribution in [0.15, 0.2) is 16.9 Å². The number of nitrogens with one attached hydrogen (secondary N) is 2. The molecule has 1 aliphatic rings. The van der Waals surface area contributed by atoms with Gasteiger partial charge < -0.3 is 24.5 Å². The van der Waals surface area contributed by atoms with Crippen LogP contribution in [0, 0.1) is 0 Å². The fourth-order valence-corrected chi connectivity index (χ4v) is 5.37. The lowest BCUT2D eigenvalue weighted by molar-refractivity contribution is -0.121. The lowest BCUT2D eigenvalue weighted by Gasteiger charge is -2.14. The first-order valence-corrected chi connectivity index (χ1v) is 11.4. The molecule has 2 heterocycles. The first-order valence-electron chi connectivity index (χ1n) is 10.6. The predicted molar refractivity (Wildman–Crippen MR) is 123 cm³/mol. The van der Waals surface area contributed by atoms with Crippen LogP contribution in [-0.4, -0.2) is 37.2 Å². The lowest BCUT2D eigenvalue weighted by Crippen LogP contribution is -2.24. The summed E-state index contributed by atoms with van der Waals surface area (Å²) in [7, 11) is 4.64. The van der Waals surface area contributed by atoms with Crippen molar-refractivity contribution in [2.75, 3.05) is 21.3 Å². The number of amides is 1. The normalized spacial score (nSPS) is 13.0. The van der Waals surface area contributed by atoms with Crippen LogP contribution >= 0.6 is 11.3 Å². The van der Waals surface area contributed by atoms with Crippen molar-refractivity contribution < 1.29 is 19.0 Å². The van der Waals surface area contributed by atoms with E-state index in [1.807, 2.05) is 0 Å². The molecule has 9 heteroatoms. The number of rotatable bonds is 8. The molecule has 1 amide bonds. The van der Waals surface area contributed by atoms with Gasteiger partial charge in [0.15, 0.2) is 11.5 Å². The van der Waals surface area contributed by atoms with E-state index in [9.17, 15) is 9.59 Å². The highest BCUT2D eigenvalue weighted by atomic mass is 32.1. The van der Waals surface area contributed by atoms with Gasteiger partial charge in [-0.2, -0.15) is 0 Å². The fraction of sp³-hybridized carbons (Fsp3) is 0.435. The summed E-state index contributed by atoms with van der Waals surface area (Å²) in [5.74, 6) is 1.98. The first-order chi connectivity index (χ1) is 15.5. The molecule has 170 valence electrons. The quantitative estimate of drug-likeness (QED) is 0.539. The van der Waals surface area contributed by atoms with E-state index < -0.39 is 0 Å². The zero-order valence-electron chi connectivity index (χ0n) is 18.5. The number of nitrogens with zero attached hydrogens (tertiary/aromatic N) is 1. The van der Waals surface area contributed by atoms with Crippen molar-refractivity contribution in [1.82, 2.24) is 15.3 Å². The molecule has 1 aromatic carbocycles. The second kappa shape index (κ2) is 9.60. The molecule has 0 bridgehead atoms. The third-order valence-electron chi connectivity index (χ3n) is 5.68. The fourth-order valence-electron chi connectivity index (χ4n) is 4.09. The van der Waals surface area contributed by atoms with Gasteiger partial charge in [-0.05, 0) is 48.9 Å². The number of carbonyl (C=O) groups is 1. The predicted octanol–water partition coefficient (Wildman–Crippen LogP) is 3.14. The van der Waals surface area contributed by atoms with Crippen LogP contribution in [0.2, 0.25) is 0 Å². The molecule has 2 aromatic heterocycles. The number of aryl methyl sites for hydroxylation is 3. The SMILES string of the molecule is COc1cc(CNC(=O)CCc2nc3sc4c(c3c(=O)[nH]2)CCCC4)cc(OC)c1OC. The number of hydrogen-bond acceptors (Lipinski definition) is 7. The van der Waals surface area contributed by atoms with E-state index in [1.165, 1.54) is 10.4 Å². The highest BCUT2D eigenvalue weighted by Crippen LogP contribution is 2.38. The Kier molecular flexibility index (Phi) is 6.64. The Morgan fingerprint density at radius 2 is 1.84 bits per heavy atom. The Morgan fingerprint density at radius 1 is 1.12 bits per heavy atom. The highest BCUT2D eigenvalue weighted by Gasteiger charge is 2.20. The molecule has 0 fully saturated rings. The van der Waals surface area contributed by atoms with Crippen LogP contribution in [-0.2, 0) is 30.6 Å². The second-order valence-electron chi connectivity index (χ2n) is 7.71. The number of carbonyl (C=O) groups excluding carboxylic acids is 1. The number of ether oxygens (including phenoxy) is 3. The van der Waals surface area contributed by atoms with E-state index in [2.05, 4.69) is 15.3 Å². The summed E-state index contributed by atoms with van der Waals surface area (Å²) in [6, 6.07) is 3.60. The van der Waals surface area contributed by atoms with Crippen molar-refractivity contribution in [2.24, 2.45) is 0 Å². The van der Waals surface area contributed by atoms with Crippen molar-refractivity contribution >= 4 is 27.5 Å². The van der Waals surface area contributed by atoms with Crippen molar-refractivity contribution in [1.29, 1.82) is 0 Å². The number of thiophene rings is 1. The molecule has 0 atom stereocenters. The number of benzene rings is 1. The molecule has 0 radical (unpaired) electrons. The monoisotopic (exact) mass is 457 g/mol. The molecule has 32 heavy (non-hydrogen) atoms. The summed E-state index contributed by atoms with van der Waals surface area (Å²) in [6.45, 7) is 0.316. The average Bonchev–Trinajstić information content (AvgIpc) is 3.19. The summed E-state index contributed by atoms with van der Waals surface area (Å²) >= 11 is 1.61. The van der Waals surface area contributed by atoms with Crippen molar-refractivity contribution in [3.8, 4) is 17.2 Å². The Bertz CT molecular complexity index is 1180. The Labute approximate surface area is 189 Å². The summed E-state index contributed by atoms with van der Waals surface area (Å²) < 4.78 is 16.0. The Balaban J connectivity index is 1.40. The first kappa shape index (κ1) is 22.1. The van der Waals surface area contributed by atoms with Crippen LogP contribution in [0.4, 0.5) is 0 Å². The van der Waals surface area contributed by atoms with Gasteiger partial charge in [0.05, 0.1) is 26.7 Å². The standard InChI is InChI=1S/C23H27N3O5S/c1-29-15-10-13(11-16(30-2)21(15)31-3)12-24-19(27)9-8-18-25-22(28)20-14-6-4-5-7-17(14)32-23(20)26-18/h10-11H,4-9,12H2,1-3H3,(H,24,27)(H,25,26,28). The van der Waals surface area contributed by atoms with E-state index in [1.54, 1.807) is 44.8 Å². The second-order valence-corrected chi connectivity index (χ2v) is 8.80. The number of hydrogen-bond donors (Lipinski definition) is 2. The van der Waals surface area contributed by atoms with Crippen molar-refractivity contribution in [3.63, 3.8) is 0 Å². The van der Waals surface area contributed by atoms with E-state index in [4.69, 9.17) is 14.2 Å². The molecule has 4 rings (SSSR count). The number of H-pyrrole nitrogens is 1. The maximum Gasteiger partial charge on any atom is 0.259 e. The lowest BCUT2D eigenvalue weighted by atomic mass is 9.97. The van der Waals surface area contributed by atoms with Gasteiger partial charge in [-0.3, -0.25) is 9.59 Å². The van der Waals surface area contributed by atoms with E-state index in [0.717, 1.165) is 41.5 Å². The molecule has 0 spiro atoms. The molecule has 0 saturated carbocycles. The zero-order valence-corrected chi connectivity index (χ0v) is 19.3. The average molecular weight is 458 g/mol. The number of fused-ring (bicyclic) bond motifs is 3. The number of aromatic amines is 1. The van der Waals surface area contributed by atoms with Crippen LogP contribution in [0.25, 0.3) is 10.2 Å². The molecule has 0 aliphatic heterocycles. The maximum atomic E-state index is 12.6. The van der Waals surface area contributed by atoms with Gasteiger partial charge in [-0.15, -0.1) is 11.3 Å². The molecular weight excluding hydrogens is 430 g/mol. The molecule has 1 aliphatic carbocycles. The molecule has 0 unspecified atom stereocenters. The summed E-state index contributed by atoms with van der Waals surface area (Å²) in [5, 5.41) is 3.63. The van der Waals surface area contributed by atoms with Gasteiger partial charge >= 0.3 is 0 Å². The topological polar surface area (TPSA) is 103 Å². The third-order valence-corrected chi connectivity index (χ3v) is 6.86. The van der Waals surface area contributed by atoms with Gasteiger partial charge in [0.1, 0.15) is 10.7 Å². The molecule has 2 N–H and O–H groups in total. The molecule has 8 nitrogen and oxygen atoms in total. The maximum absolute atomic E-state index is 12.6. The van der Waals surface area contributed by atoms with Crippen LogP contribution in [0.3, 0.4) is 0 Å². The van der Waals surface area contributed by atoms with E-state index >= 15 is 0 Å². The summed E-state index contributed by atoms with van der Waals surface area (Å²) in [5.41, 5.74) is 1.90. The van der Waals surface area contributed by atoms with Crippen molar-refractivity contribution in [2.45, 2.75) is 45.1 Å². The van der Waals surface area contributed by atoms with Gasteiger partial charge in [0.2, 0.25) is 11.7 Å². The zero-order chi connectivity index (χ0) is 22.7. The summed E-state index contributed by atoms with van der Waals surface area (Å²) in [6.07, 6.45) is 4.85. The van der Waals surface area contributed by atoms with Gasteiger partial charge in [-0.1, -0.05) is 0 Å². The Hall–Kier alpha value is -3.07. The summed E-state index contributed by atoms with van der Waals surface area (Å²) in [4.78, 5) is 34.6. The minimum absolute atomic E-state index is 0.0952. The minimum atomic E-state index is -0.132. The molecular formula is C23H27N3O5S. The van der Waals surface area contributed by atoms with Crippen LogP contribution in [0.5, 0.6) is 17.2 Å².